The van der Waals surface area contributed by atoms with E-state index in [2.05, 4.69) is 16.8 Å². The van der Waals surface area contributed by atoms with Gasteiger partial charge in [-0.1, -0.05) is 6.42 Å². The summed E-state index contributed by atoms with van der Waals surface area (Å²) in [5.74, 6) is 1.58. The number of hydrogen-bond acceptors (Lipinski definition) is 5. The van der Waals surface area contributed by atoms with Crippen molar-refractivity contribution in [1.29, 1.82) is 0 Å². The van der Waals surface area contributed by atoms with Crippen LogP contribution in [-0.4, -0.2) is 34.6 Å². The molecule has 1 saturated heterocycles. The van der Waals surface area contributed by atoms with Gasteiger partial charge in [0.05, 0.1) is 19.2 Å². The van der Waals surface area contributed by atoms with Gasteiger partial charge in [-0.25, -0.2) is 4.98 Å². The molecule has 0 radical (unpaired) electrons. The Hall–Kier alpha value is -2.18. The second kappa shape index (κ2) is 7.21. The Kier molecular flexibility index (Phi) is 4.78. The minimum atomic E-state index is -0.0422. The summed E-state index contributed by atoms with van der Waals surface area (Å²) in [6.45, 7) is 4.03. The van der Waals surface area contributed by atoms with Crippen molar-refractivity contribution >= 4 is 21.6 Å². The molecule has 1 aliphatic rings. The van der Waals surface area contributed by atoms with Crippen LogP contribution in [0.3, 0.4) is 0 Å². The number of nitrogens with zero attached hydrogens (tertiary/aromatic N) is 2. The van der Waals surface area contributed by atoms with E-state index in [9.17, 15) is 4.79 Å². The molecule has 5 nitrogen and oxygen atoms in total. The molecule has 2 aromatic heterocycles. The van der Waals surface area contributed by atoms with Crippen LogP contribution >= 0.6 is 11.3 Å². The highest BCUT2D eigenvalue weighted by atomic mass is 32.1. The first kappa shape index (κ1) is 17.2. The first-order valence-electron chi connectivity index (χ1n) is 9.05. The van der Waals surface area contributed by atoms with E-state index in [-0.39, 0.29) is 5.56 Å². The third kappa shape index (κ3) is 3.39. The lowest BCUT2D eigenvalue weighted by atomic mass is 10.0. The van der Waals surface area contributed by atoms with Crippen LogP contribution in [-0.2, 0) is 6.54 Å². The lowest BCUT2D eigenvalue weighted by Gasteiger charge is -2.32. The lowest BCUT2D eigenvalue weighted by molar-refractivity contribution is 0.149. The molecule has 0 aliphatic carbocycles. The third-order valence-electron chi connectivity index (χ3n) is 5.10. The molecule has 136 valence electrons. The number of rotatable bonds is 4. The highest BCUT2D eigenvalue weighted by molar-refractivity contribution is 7.22. The van der Waals surface area contributed by atoms with Gasteiger partial charge in [-0.2, -0.15) is 0 Å². The van der Waals surface area contributed by atoms with Gasteiger partial charge in [0.15, 0.2) is 0 Å². The summed E-state index contributed by atoms with van der Waals surface area (Å²) < 4.78 is 5.90. The molecule has 1 aliphatic heterocycles. The lowest BCUT2D eigenvalue weighted by Crippen LogP contribution is -2.37. The number of H-pyrrole nitrogens is 1. The summed E-state index contributed by atoms with van der Waals surface area (Å²) in [6, 6.07) is 10.4. The second-order valence-corrected chi connectivity index (χ2v) is 7.93. The molecule has 6 heteroatoms. The van der Waals surface area contributed by atoms with Crippen molar-refractivity contribution in [3.8, 4) is 16.2 Å². The molecule has 1 fully saturated rings. The highest BCUT2D eigenvalue weighted by Crippen LogP contribution is 2.32. The molecule has 0 amide bonds. The van der Waals surface area contributed by atoms with Crippen LogP contribution in [0.4, 0.5) is 0 Å². The Morgan fingerprint density at radius 2 is 2.12 bits per heavy atom. The van der Waals surface area contributed by atoms with Crippen LogP contribution in [0.25, 0.3) is 20.7 Å². The van der Waals surface area contributed by atoms with E-state index in [4.69, 9.17) is 9.72 Å². The zero-order valence-electron chi connectivity index (χ0n) is 15.1. The number of hydrogen-bond donors (Lipinski definition) is 1. The number of nitrogens with one attached hydrogen (secondary N) is 1. The van der Waals surface area contributed by atoms with Gasteiger partial charge < -0.3 is 9.72 Å². The van der Waals surface area contributed by atoms with Gasteiger partial charge in [0, 0.05) is 10.9 Å². The van der Waals surface area contributed by atoms with Gasteiger partial charge in [-0.15, -0.1) is 11.3 Å². The van der Waals surface area contributed by atoms with Crippen molar-refractivity contribution in [3.05, 3.63) is 46.5 Å². The van der Waals surface area contributed by atoms with Gasteiger partial charge in [0.2, 0.25) is 0 Å². The number of thiophene rings is 1. The Morgan fingerprint density at radius 1 is 1.31 bits per heavy atom. The van der Waals surface area contributed by atoms with E-state index < -0.39 is 0 Å². The number of ether oxygens (including phenoxy) is 1. The maximum atomic E-state index is 12.5. The monoisotopic (exact) mass is 369 g/mol. The van der Waals surface area contributed by atoms with Crippen molar-refractivity contribution in [1.82, 2.24) is 14.9 Å². The number of aromatic nitrogens is 2. The first-order valence-corrected chi connectivity index (χ1v) is 9.87. The van der Waals surface area contributed by atoms with Gasteiger partial charge in [-0.05, 0) is 62.2 Å². The number of fused-ring (bicyclic) bond motifs is 1. The summed E-state index contributed by atoms with van der Waals surface area (Å²) in [4.78, 5) is 23.7. The fourth-order valence-corrected chi connectivity index (χ4v) is 4.54. The van der Waals surface area contributed by atoms with Crippen molar-refractivity contribution in [2.75, 3.05) is 13.7 Å². The highest BCUT2D eigenvalue weighted by Gasteiger charge is 2.20. The average Bonchev–Trinajstić information content (AvgIpc) is 3.08. The standard InChI is InChI=1S/C20H23N3O2S/c1-13-5-3-4-10-23(13)12-18-21-16-11-17(26-19(16)20(24)22-18)14-6-8-15(25-2)9-7-14/h6-9,11,13H,3-5,10,12H2,1-2H3,(H,21,22,24). The van der Waals surface area contributed by atoms with E-state index in [0.29, 0.717) is 17.3 Å². The van der Waals surface area contributed by atoms with Gasteiger partial charge in [0.25, 0.3) is 5.56 Å². The second-order valence-electron chi connectivity index (χ2n) is 6.88. The molecule has 4 rings (SSSR count). The molecule has 1 unspecified atom stereocenters. The smallest absolute Gasteiger partial charge is 0.268 e. The Morgan fingerprint density at radius 3 is 2.85 bits per heavy atom. The first-order chi connectivity index (χ1) is 12.6. The summed E-state index contributed by atoms with van der Waals surface area (Å²) in [5.41, 5.74) is 1.81. The molecule has 0 bridgehead atoms. The van der Waals surface area contributed by atoms with Crippen LogP contribution in [0, 0.1) is 0 Å². The van der Waals surface area contributed by atoms with E-state index in [0.717, 1.165) is 34.1 Å². The summed E-state index contributed by atoms with van der Waals surface area (Å²) in [7, 11) is 1.66. The van der Waals surface area contributed by atoms with Crippen molar-refractivity contribution in [3.63, 3.8) is 0 Å². The molecule has 1 atom stereocenters. The minimum absolute atomic E-state index is 0.0422. The fraction of sp³-hybridized carbons (Fsp3) is 0.400. The quantitative estimate of drug-likeness (QED) is 0.754. The largest absolute Gasteiger partial charge is 0.497 e. The van der Waals surface area contributed by atoms with Gasteiger partial charge in [0.1, 0.15) is 16.3 Å². The maximum Gasteiger partial charge on any atom is 0.268 e. The SMILES string of the molecule is COc1ccc(-c2cc3nc(CN4CCCCC4C)[nH]c(=O)c3s2)cc1. The van der Waals surface area contributed by atoms with Gasteiger partial charge in [-0.3, -0.25) is 9.69 Å². The van der Waals surface area contributed by atoms with Crippen LogP contribution in [0.5, 0.6) is 5.75 Å². The van der Waals surface area contributed by atoms with Crippen molar-refractivity contribution in [2.24, 2.45) is 0 Å². The molecular weight excluding hydrogens is 346 g/mol. The Bertz CT molecular complexity index is 961. The predicted molar refractivity (Wildman–Crippen MR) is 106 cm³/mol. The predicted octanol–water partition coefficient (Wildman–Crippen LogP) is 4.03. The van der Waals surface area contributed by atoms with E-state index >= 15 is 0 Å². The Labute approximate surface area is 156 Å². The van der Waals surface area contributed by atoms with Crippen LogP contribution in [0.15, 0.2) is 35.1 Å². The number of methoxy groups -OCH3 is 1. The molecule has 0 saturated carbocycles. The van der Waals surface area contributed by atoms with Crippen molar-refractivity contribution in [2.45, 2.75) is 38.8 Å². The number of benzene rings is 1. The molecule has 1 N–H and O–H groups in total. The molecule has 3 heterocycles. The van der Waals surface area contributed by atoms with Crippen LogP contribution < -0.4 is 10.3 Å². The van der Waals surface area contributed by atoms with E-state index in [1.54, 1.807) is 7.11 Å². The van der Waals surface area contributed by atoms with Crippen molar-refractivity contribution < 1.29 is 4.74 Å². The van der Waals surface area contributed by atoms with Crippen LogP contribution in [0.1, 0.15) is 32.0 Å². The Balaban J connectivity index is 1.65. The zero-order chi connectivity index (χ0) is 18.1. The average molecular weight is 369 g/mol. The summed E-state index contributed by atoms with van der Waals surface area (Å²) in [6.07, 6.45) is 3.72. The maximum absolute atomic E-state index is 12.5. The molecule has 3 aromatic rings. The normalized spacial score (nSPS) is 18.3. The minimum Gasteiger partial charge on any atom is -0.497 e. The number of aromatic amines is 1. The fourth-order valence-electron chi connectivity index (χ4n) is 3.55. The van der Waals surface area contributed by atoms with E-state index in [1.165, 1.54) is 30.6 Å². The molecule has 26 heavy (non-hydrogen) atoms. The molecule has 1 aromatic carbocycles. The summed E-state index contributed by atoms with van der Waals surface area (Å²) >= 11 is 1.49. The van der Waals surface area contributed by atoms with E-state index in [1.807, 2.05) is 30.3 Å². The topological polar surface area (TPSA) is 58.2 Å². The van der Waals surface area contributed by atoms with Crippen LogP contribution in [0.2, 0.25) is 0 Å². The molecule has 0 spiro atoms. The molecular formula is C20H23N3O2S. The number of likely N-dealkylation sites (tertiary alicyclic amines) is 1. The zero-order valence-corrected chi connectivity index (χ0v) is 15.9. The van der Waals surface area contributed by atoms with Gasteiger partial charge >= 0.3 is 0 Å². The summed E-state index contributed by atoms with van der Waals surface area (Å²) in [5, 5.41) is 0. The third-order valence-corrected chi connectivity index (χ3v) is 6.27. The number of piperidine rings is 1.